The van der Waals surface area contributed by atoms with Gasteiger partial charge >= 0.3 is 6.09 Å². The molecule has 1 N–H and O–H groups in total. The van der Waals surface area contributed by atoms with E-state index in [1.54, 1.807) is 12.1 Å². The first-order valence-electron chi connectivity index (χ1n) is 10.4. The van der Waals surface area contributed by atoms with E-state index in [0.717, 1.165) is 11.1 Å². The van der Waals surface area contributed by atoms with Gasteiger partial charge in [0.25, 0.3) is 0 Å². The molecule has 158 valence electrons. The maximum atomic E-state index is 14.0. The number of ether oxygens (including phenoxy) is 1. The Morgan fingerprint density at radius 3 is 2.38 bits per heavy atom. The van der Waals surface area contributed by atoms with Crippen molar-refractivity contribution in [2.24, 2.45) is 0 Å². The normalized spacial score (nSPS) is 11.5. The summed E-state index contributed by atoms with van der Waals surface area (Å²) in [6.07, 6.45) is 0.0267. The van der Waals surface area contributed by atoms with E-state index >= 15 is 0 Å². The maximum Gasteiger partial charge on any atom is 0.407 e. The molecular formula is C27H21FN2O2. The minimum atomic E-state index is -0.499. The molecular weight excluding hydrogens is 403 g/mol. The van der Waals surface area contributed by atoms with Crippen LogP contribution in [0.15, 0.2) is 66.7 Å². The number of nitrogens with one attached hydrogen (secondary N) is 1. The largest absolute Gasteiger partial charge is 0.449 e. The number of halogens is 1. The number of nitrogens with zero attached hydrogens (tertiary/aromatic N) is 1. The highest BCUT2D eigenvalue weighted by atomic mass is 19.1. The van der Waals surface area contributed by atoms with Crippen LogP contribution in [-0.2, 0) is 11.2 Å². The van der Waals surface area contributed by atoms with Gasteiger partial charge < -0.3 is 10.1 Å². The third kappa shape index (κ3) is 4.63. The lowest BCUT2D eigenvalue weighted by Crippen LogP contribution is -2.26. The molecule has 0 aliphatic heterocycles. The number of carbonyl (C=O) groups is 1. The van der Waals surface area contributed by atoms with Gasteiger partial charge in [0.15, 0.2) is 0 Å². The summed E-state index contributed by atoms with van der Waals surface area (Å²) in [6, 6.07) is 22.9. The van der Waals surface area contributed by atoms with E-state index in [4.69, 9.17) is 10.00 Å². The second kappa shape index (κ2) is 9.81. The Morgan fingerprint density at radius 1 is 1.03 bits per heavy atom. The highest BCUT2D eigenvalue weighted by Gasteiger charge is 2.28. The molecule has 0 spiro atoms. The predicted octanol–water partition coefficient (Wildman–Crippen LogP) is 5.17. The van der Waals surface area contributed by atoms with E-state index in [0.29, 0.717) is 18.5 Å². The van der Waals surface area contributed by atoms with E-state index in [9.17, 15) is 9.18 Å². The van der Waals surface area contributed by atoms with Gasteiger partial charge in [-0.1, -0.05) is 66.4 Å². The number of benzene rings is 3. The zero-order valence-corrected chi connectivity index (χ0v) is 17.4. The second-order valence-electron chi connectivity index (χ2n) is 7.45. The molecule has 0 atom stereocenters. The molecule has 0 saturated heterocycles. The topological polar surface area (TPSA) is 62.1 Å². The average molecular weight is 424 g/mol. The summed E-state index contributed by atoms with van der Waals surface area (Å²) in [7, 11) is 0. The van der Waals surface area contributed by atoms with E-state index < -0.39 is 11.9 Å². The molecule has 3 aromatic rings. The lowest BCUT2D eigenvalue weighted by atomic mass is 9.98. The summed E-state index contributed by atoms with van der Waals surface area (Å²) in [4.78, 5) is 12.1. The van der Waals surface area contributed by atoms with Gasteiger partial charge in [-0.25, -0.2) is 9.18 Å². The van der Waals surface area contributed by atoms with Crippen molar-refractivity contribution >= 4 is 6.09 Å². The van der Waals surface area contributed by atoms with Crippen LogP contribution in [0, 0.1) is 29.0 Å². The van der Waals surface area contributed by atoms with Gasteiger partial charge in [0.2, 0.25) is 0 Å². The zero-order chi connectivity index (χ0) is 22.3. The molecule has 32 heavy (non-hydrogen) atoms. The van der Waals surface area contributed by atoms with Gasteiger partial charge in [-0.2, -0.15) is 5.26 Å². The predicted molar refractivity (Wildman–Crippen MR) is 120 cm³/mol. The van der Waals surface area contributed by atoms with Crippen LogP contribution in [0.3, 0.4) is 0 Å². The van der Waals surface area contributed by atoms with Crippen LogP contribution < -0.4 is 5.32 Å². The number of fused-ring (bicyclic) bond motifs is 3. The number of carbonyl (C=O) groups excluding carboxylic acids is 1. The summed E-state index contributed by atoms with van der Waals surface area (Å²) in [6.45, 7) is 0.559. The molecule has 0 bridgehead atoms. The van der Waals surface area contributed by atoms with Crippen LogP contribution in [-0.4, -0.2) is 19.2 Å². The number of amides is 1. The van der Waals surface area contributed by atoms with Crippen LogP contribution in [0.2, 0.25) is 0 Å². The standard InChI is InChI=1S/C27H21FN2O2/c28-26-17-19(14-15-29)12-13-20(26)7-5-6-16-30-27(31)32-18-25-23-10-3-1-8-21(23)22-9-2-4-11-24(22)25/h1-4,8-13,17,25H,6,14,16,18H2,(H,30,31). The van der Waals surface area contributed by atoms with E-state index in [1.165, 1.54) is 17.2 Å². The summed E-state index contributed by atoms with van der Waals surface area (Å²) in [5.74, 6) is 5.17. The average Bonchev–Trinajstić information content (AvgIpc) is 3.13. The Bertz CT molecular complexity index is 1200. The molecule has 0 aromatic heterocycles. The third-order valence-corrected chi connectivity index (χ3v) is 5.40. The van der Waals surface area contributed by atoms with E-state index in [1.807, 2.05) is 30.3 Å². The molecule has 1 aliphatic carbocycles. The molecule has 0 heterocycles. The molecule has 0 fully saturated rings. The smallest absolute Gasteiger partial charge is 0.407 e. The van der Waals surface area contributed by atoms with Gasteiger partial charge in [-0.05, 0) is 39.9 Å². The molecule has 5 heteroatoms. The molecule has 4 nitrogen and oxygen atoms in total. The lowest BCUT2D eigenvalue weighted by Gasteiger charge is -2.14. The lowest BCUT2D eigenvalue weighted by molar-refractivity contribution is 0.143. The maximum absolute atomic E-state index is 14.0. The van der Waals surface area contributed by atoms with Crippen molar-refractivity contribution in [3.05, 3.63) is 94.8 Å². The minimum absolute atomic E-state index is 0.0138. The Balaban J connectivity index is 1.27. The third-order valence-electron chi connectivity index (χ3n) is 5.40. The van der Waals surface area contributed by atoms with Crippen molar-refractivity contribution in [1.82, 2.24) is 5.32 Å². The number of alkyl carbamates (subject to hydrolysis) is 1. The summed E-state index contributed by atoms with van der Waals surface area (Å²) < 4.78 is 19.4. The van der Waals surface area contributed by atoms with Crippen molar-refractivity contribution in [2.45, 2.75) is 18.8 Å². The van der Waals surface area contributed by atoms with E-state index in [-0.39, 0.29) is 24.5 Å². The van der Waals surface area contributed by atoms with Crippen molar-refractivity contribution in [2.75, 3.05) is 13.2 Å². The number of hydrogen-bond donors (Lipinski definition) is 1. The Labute approximate surface area is 186 Å². The van der Waals surface area contributed by atoms with Gasteiger partial charge in [0, 0.05) is 18.9 Å². The molecule has 4 rings (SSSR count). The monoisotopic (exact) mass is 424 g/mol. The molecule has 0 radical (unpaired) electrons. The Kier molecular flexibility index (Phi) is 6.49. The van der Waals surface area contributed by atoms with Crippen LogP contribution >= 0.6 is 0 Å². The van der Waals surface area contributed by atoms with Crippen LogP contribution in [0.1, 0.15) is 34.6 Å². The number of nitriles is 1. The first-order chi connectivity index (χ1) is 15.7. The van der Waals surface area contributed by atoms with Crippen molar-refractivity contribution < 1.29 is 13.9 Å². The molecule has 0 unspecified atom stereocenters. The van der Waals surface area contributed by atoms with E-state index in [2.05, 4.69) is 41.4 Å². The summed E-state index contributed by atoms with van der Waals surface area (Å²) in [5, 5.41) is 11.4. The van der Waals surface area contributed by atoms with Gasteiger partial charge in [0.1, 0.15) is 12.4 Å². The molecule has 1 amide bonds. The number of hydrogen-bond acceptors (Lipinski definition) is 3. The van der Waals surface area contributed by atoms with Gasteiger partial charge in [-0.15, -0.1) is 0 Å². The van der Waals surface area contributed by atoms with Crippen LogP contribution in [0.4, 0.5) is 9.18 Å². The highest BCUT2D eigenvalue weighted by Crippen LogP contribution is 2.44. The highest BCUT2D eigenvalue weighted by molar-refractivity contribution is 5.79. The summed E-state index contributed by atoms with van der Waals surface area (Å²) >= 11 is 0. The van der Waals surface area contributed by atoms with Gasteiger partial charge in [-0.3, -0.25) is 0 Å². The fourth-order valence-electron chi connectivity index (χ4n) is 3.90. The minimum Gasteiger partial charge on any atom is -0.449 e. The fourth-order valence-corrected chi connectivity index (χ4v) is 3.90. The Morgan fingerprint density at radius 2 is 1.72 bits per heavy atom. The van der Waals surface area contributed by atoms with Crippen molar-refractivity contribution in [1.29, 1.82) is 5.26 Å². The number of rotatable bonds is 5. The second-order valence-corrected chi connectivity index (χ2v) is 7.45. The van der Waals surface area contributed by atoms with Gasteiger partial charge in [0.05, 0.1) is 18.1 Å². The molecule has 3 aromatic carbocycles. The quantitative estimate of drug-likeness (QED) is 0.454. The summed E-state index contributed by atoms with van der Waals surface area (Å²) in [5.41, 5.74) is 5.58. The fraction of sp³-hybridized carbons (Fsp3) is 0.185. The van der Waals surface area contributed by atoms with Crippen molar-refractivity contribution in [3.8, 4) is 29.0 Å². The SMILES string of the molecule is N#CCc1ccc(C#CCCNC(=O)OCC2c3ccccc3-c3ccccc32)c(F)c1. The zero-order valence-electron chi connectivity index (χ0n) is 17.4. The first kappa shape index (κ1) is 21.2. The molecule has 1 aliphatic rings. The Hall–Kier alpha value is -4.09. The molecule has 0 saturated carbocycles. The van der Waals surface area contributed by atoms with Crippen LogP contribution in [0.25, 0.3) is 11.1 Å². The van der Waals surface area contributed by atoms with Crippen molar-refractivity contribution in [3.63, 3.8) is 0 Å². The van der Waals surface area contributed by atoms with Crippen LogP contribution in [0.5, 0.6) is 0 Å². The first-order valence-corrected chi connectivity index (χ1v) is 10.4.